The molecule has 0 N–H and O–H groups in total. The fourth-order valence-electron chi connectivity index (χ4n) is 4.07. The summed E-state index contributed by atoms with van der Waals surface area (Å²) in [5.74, 6) is 0.0907. The van der Waals surface area contributed by atoms with E-state index in [4.69, 9.17) is 9.47 Å². The van der Waals surface area contributed by atoms with Gasteiger partial charge in [-0.15, -0.1) is 0 Å². The highest BCUT2D eigenvalue weighted by molar-refractivity contribution is 5.90. The minimum atomic E-state index is -0.674. The highest BCUT2D eigenvalue weighted by Crippen LogP contribution is 2.36. The molecule has 2 aromatic carbocycles. The third-order valence-electron chi connectivity index (χ3n) is 5.98. The van der Waals surface area contributed by atoms with Gasteiger partial charge in [0.2, 0.25) is 0 Å². The van der Waals surface area contributed by atoms with E-state index in [1.165, 1.54) is 6.33 Å². The van der Waals surface area contributed by atoms with E-state index in [-0.39, 0.29) is 12.1 Å². The van der Waals surface area contributed by atoms with Gasteiger partial charge >= 0.3 is 0 Å². The number of carbonyl (C=O) groups is 1. The van der Waals surface area contributed by atoms with Gasteiger partial charge < -0.3 is 9.47 Å². The van der Waals surface area contributed by atoms with Crippen LogP contribution in [0.2, 0.25) is 0 Å². The molecule has 0 aliphatic carbocycles. The van der Waals surface area contributed by atoms with E-state index in [1.54, 1.807) is 11.0 Å². The lowest BCUT2D eigenvalue weighted by Crippen LogP contribution is -2.49. The largest absolute Gasteiger partial charge is 0.352 e. The van der Waals surface area contributed by atoms with Crippen LogP contribution < -0.4 is 0 Å². The van der Waals surface area contributed by atoms with E-state index in [9.17, 15) is 4.79 Å². The number of ketones is 1. The van der Waals surface area contributed by atoms with Gasteiger partial charge in [-0.2, -0.15) is 5.10 Å². The molecule has 1 fully saturated rings. The summed E-state index contributed by atoms with van der Waals surface area (Å²) in [6.07, 6.45) is 4.84. The summed E-state index contributed by atoms with van der Waals surface area (Å²) in [7, 11) is 0. The molecule has 0 spiro atoms. The van der Waals surface area contributed by atoms with E-state index in [2.05, 4.69) is 34.3 Å². The average Bonchev–Trinajstić information content (AvgIpc) is 3.31. The van der Waals surface area contributed by atoms with Gasteiger partial charge in [-0.25, -0.2) is 9.67 Å². The first-order chi connectivity index (χ1) is 14.2. The molecular formula is C23H27N3O3. The van der Waals surface area contributed by atoms with Crippen molar-refractivity contribution in [3.8, 4) is 0 Å². The summed E-state index contributed by atoms with van der Waals surface area (Å²) >= 11 is 0. The predicted octanol–water partition coefficient (Wildman–Crippen LogP) is 3.96. The number of aromatic nitrogens is 3. The van der Waals surface area contributed by atoms with Crippen molar-refractivity contribution in [3.63, 3.8) is 0 Å². The first-order valence-corrected chi connectivity index (χ1v) is 10.2. The summed E-state index contributed by atoms with van der Waals surface area (Å²) in [5.41, 5.74) is 0.444. The van der Waals surface area contributed by atoms with Gasteiger partial charge in [-0.3, -0.25) is 4.79 Å². The molecule has 3 aromatic rings. The van der Waals surface area contributed by atoms with Crippen LogP contribution in [0.4, 0.5) is 0 Å². The summed E-state index contributed by atoms with van der Waals surface area (Å²) in [4.78, 5) is 17.9. The van der Waals surface area contributed by atoms with Crippen LogP contribution in [0.1, 0.15) is 38.3 Å². The Morgan fingerprint density at radius 1 is 1.17 bits per heavy atom. The van der Waals surface area contributed by atoms with Crippen molar-refractivity contribution in [2.75, 3.05) is 13.2 Å². The zero-order valence-electron chi connectivity index (χ0n) is 17.0. The third-order valence-corrected chi connectivity index (χ3v) is 5.98. The van der Waals surface area contributed by atoms with E-state index in [0.29, 0.717) is 26.1 Å². The first-order valence-electron chi connectivity index (χ1n) is 10.2. The highest BCUT2D eigenvalue weighted by Gasteiger charge is 2.45. The van der Waals surface area contributed by atoms with Gasteiger partial charge in [-0.1, -0.05) is 56.3 Å². The van der Waals surface area contributed by atoms with Crippen LogP contribution in [0, 0.1) is 5.41 Å². The number of ether oxygens (including phenoxy) is 2. The molecule has 1 aliphatic rings. The zero-order chi connectivity index (χ0) is 20.3. The molecule has 4 rings (SSSR count). The van der Waals surface area contributed by atoms with Crippen molar-refractivity contribution in [1.82, 2.24) is 14.8 Å². The number of nitrogens with zero attached hydrogens (tertiary/aromatic N) is 3. The average molecular weight is 393 g/mol. The topological polar surface area (TPSA) is 66.2 Å². The Morgan fingerprint density at radius 3 is 2.62 bits per heavy atom. The van der Waals surface area contributed by atoms with E-state index in [0.717, 1.165) is 22.8 Å². The van der Waals surface area contributed by atoms with Crippen LogP contribution in [-0.4, -0.2) is 40.1 Å². The fraction of sp³-hybridized carbons (Fsp3) is 0.435. The van der Waals surface area contributed by atoms with Gasteiger partial charge in [0.15, 0.2) is 12.1 Å². The van der Waals surface area contributed by atoms with E-state index in [1.807, 2.05) is 32.0 Å². The second kappa shape index (κ2) is 8.43. The van der Waals surface area contributed by atoms with Crippen LogP contribution in [0.25, 0.3) is 10.8 Å². The molecule has 0 amide bonds. The molecule has 1 saturated heterocycles. The predicted molar refractivity (Wildman–Crippen MR) is 110 cm³/mol. The molecule has 6 nitrogen and oxygen atoms in total. The second-order valence-electron chi connectivity index (χ2n) is 7.69. The maximum atomic E-state index is 13.8. The third kappa shape index (κ3) is 3.82. The number of hydrogen-bond donors (Lipinski definition) is 0. The zero-order valence-corrected chi connectivity index (χ0v) is 17.0. The summed E-state index contributed by atoms with van der Waals surface area (Å²) in [6, 6.07) is 14.0. The molecule has 0 bridgehead atoms. The molecule has 29 heavy (non-hydrogen) atoms. The van der Waals surface area contributed by atoms with E-state index < -0.39 is 11.5 Å². The van der Waals surface area contributed by atoms with Gasteiger partial charge in [-0.05, 0) is 29.2 Å². The van der Waals surface area contributed by atoms with Crippen molar-refractivity contribution in [3.05, 3.63) is 60.7 Å². The van der Waals surface area contributed by atoms with Gasteiger partial charge in [0.05, 0.1) is 18.6 Å². The Hall–Kier alpha value is -2.57. The molecule has 1 aliphatic heterocycles. The van der Waals surface area contributed by atoms with Gasteiger partial charge in [0.1, 0.15) is 18.7 Å². The Morgan fingerprint density at radius 2 is 1.93 bits per heavy atom. The number of rotatable bonds is 7. The molecule has 1 unspecified atom stereocenters. The number of Topliss-reactive ketones (excluding diaryl/α,β-unsaturated/α-hetero) is 1. The van der Waals surface area contributed by atoms with E-state index >= 15 is 0 Å². The molecule has 1 aromatic heterocycles. The molecule has 0 saturated carbocycles. The van der Waals surface area contributed by atoms with Crippen molar-refractivity contribution in [2.24, 2.45) is 5.41 Å². The molecule has 0 radical (unpaired) electrons. The maximum absolute atomic E-state index is 13.8. The normalized spacial score (nSPS) is 23.2. The van der Waals surface area contributed by atoms with Crippen LogP contribution in [0.5, 0.6) is 0 Å². The van der Waals surface area contributed by atoms with Crippen molar-refractivity contribution in [2.45, 2.75) is 45.4 Å². The minimum Gasteiger partial charge on any atom is -0.352 e. The smallest absolute Gasteiger partial charge is 0.168 e. The SMILES string of the molecule is CCC1OCC(CC)(C(=O)C(Cc2cccc3ccccc23)n2cncn2)CO1. The highest BCUT2D eigenvalue weighted by atomic mass is 16.7. The quantitative estimate of drug-likeness (QED) is 0.608. The Kier molecular flexibility index (Phi) is 5.74. The van der Waals surface area contributed by atoms with Crippen LogP contribution in [0.15, 0.2) is 55.1 Å². The molecule has 152 valence electrons. The fourth-order valence-corrected chi connectivity index (χ4v) is 4.07. The lowest BCUT2D eigenvalue weighted by atomic mass is 9.77. The van der Waals surface area contributed by atoms with Gasteiger partial charge in [0.25, 0.3) is 0 Å². The summed E-state index contributed by atoms with van der Waals surface area (Å²) < 4.78 is 13.4. The van der Waals surface area contributed by atoms with Crippen molar-refractivity contribution >= 4 is 16.6 Å². The van der Waals surface area contributed by atoms with Crippen LogP contribution >= 0.6 is 0 Å². The lowest BCUT2D eigenvalue weighted by molar-refractivity contribution is -0.228. The standard InChI is InChI=1S/C23H27N3O3/c1-3-21-28-13-23(4-2,14-29-21)22(27)20(26-16-24-15-25-26)12-18-10-7-9-17-8-5-6-11-19(17)18/h5-11,15-16,20-21H,3-4,12-14H2,1-2H3. The number of fused-ring (bicyclic) bond motifs is 1. The summed E-state index contributed by atoms with van der Waals surface area (Å²) in [6.45, 7) is 4.79. The lowest BCUT2D eigenvalue weighted by Gasteiger charge is -2.39. The minimum absolute atomic E-state index is 0.0907. The Labute approximate surface area is 170 Å². The Balaban J connectivity index is 1.68. The summed E-state index contributed by atoms with van der Waals surface area (Å²) in [5, 5.41) is 6.62. The second-order valence-corrected chi connectivity index (χ2v) is 7.69. The molecule has 2 heterocycles. The maximum Gasteiger partial charge on any atom is 0.168 e. The van der Waals surface area contributed by atoms with Crippen molar-refractivity contribution in [1.29, 1.82) is 0 Å². The number of hydrogen-bond acceptors (Lipinski definition) is 5. The first kappa shape index (κ1) is 19.7. The Bertz CT molecular complexity index is 957. The van der Waals surface area contributed by atoms with Gasteiger partial charge in [0, 0.05) is 6.42 Å². The van der Waals surface area contributed by atoms with Crippen LogP contribution in [-0.2, 0) is 20.7 Å². The van der Waals surface area contributed by atoms with Crippen molar-refractivity contribution < 1.29 is 14.3 Å². The number of benzene rings is 2. The molecular weight excluding hydrogens is 366 g/mol. The number of carbonyl (C=O) groups excluding carboxylic acids is 1. The molecule has 6 heteroatoms. The van der Waals surface area contributed by atoms with Crippen LogP contribution in [0.3, 0.4) is 0 Å². The molecule has 1 atom stereocenters. The monoisotopic (exact) mass is 393 g/mol.